The van der Waals surface area contributed by atoms with Crippen LogP contribution >= 0.6 is 0 Å². The second kappa shape index (κ2) is 8.01. The third kappa shape index (κ3) is 3.07. The van der Waals surface area contributed by atoms with Gasteiger partial charge in [0, 0.05) is 21.7 Å². The molecule has 6 aromatic carbocycles. The third-order valence-corrected chi connectivity index (χ3v) is 7.86. The van der Waals surface area contributed by atoms with Crippen molar-refractivity contribution in [3.05, 3.63) is 121 Å². The zero-order valence-electron chi connectivity index (χ0n) is 21.3. The molecule has 0 unspecified atom stereocenters. The maximum atomic E-state index is 6.49. The maximum Gasteiger partial charge on any atom is 0.246 e. The molecule has 0 saturated carbocycles. The second-order valence-electron chi connectivity index (χ2n) is 10.2. The first kappa shape index (κ1) is 21.5. The fourth-order valence-electron chi connectivity index (χ4n) is 5.97. The van der Waals surface area contributed by atoms with Crippen molar-refractivity contribution >= 4 is 65.9 Å². The Bertz CT molecular complexity index is 2450. The number of hydrogen-bond acceptors (Lipinski definition) is 4. The molecule has 3 heterocycles. The van der Waals surface area contributed by atoms with E-state index in [4.69, 9.17) is 18.8 Å². The highest BCUT2D eigenvalue weighted by Crippen LogP contribution is 2.41. The molecule has 0 N–H and O–H groups in total. The summed E-state index contributed by atoms with van der Waals surface area (Å²) in [7, 11) is 0. The highest BCUT2D eigenvalue weighted by molar-refractivity contribution is 6.22. The molecule has 0 aliphatic carbocycles. The molecule has 0 amide bonds. The zero-order chi connectivity index (χ0) is 26.2. The van der Waals surface area contributed by atoms with E-state index in [1.807, 2.05) is 42.5 Å². The van der Waals surface area contributed by atoms with Crippen LogP contribution in [0.25, 0.3) is 88.2 Å². The van der Waals surface area contributed by atoms with Gasteiger partial charge in [-0.3, -0.25) is 0 Å². The lowest BCUT2D eigenvalue weighted by molar-refractivity contribution is 0.655. The molecule has 186 valence electrons. The minimum absolute atomic E-state index is 0.558. The van der Waals surface area contributed by atoms with Crippen LogP contribution in [0.15, 0.2) is 130 Å². The molecule has 0 fully saturated rings. The largest absolute Gasteiger partial charge is 0.455 e. The SMILES string of the molecule is c1cc(-c2ccc3oc4nc5ccccc5nc4c3c2)cc(-c2cc3ccccc3c3c2oc2ccccc23)c1. The first-order valence-corrected chi connectivity index (χ1v) is 13.3. The zero-order valence-corrected chi connectivity index (χ0v) is 21.3. The van der Waals surface area contributed by atoms with Gasteiger partial charge in [0.15, 0.2) is 0 Å². The predicted molar refractivity (Wildman–Crippen MR) is 162 cm³/mol. The monoisotopic (exact) mass is 512 g/mol. The van der Waals surface area contributed by atoms with Gasteiger partial charge in [-0.1, -0.05) is 78.9 Å². The van der Waals surface area contributed by atoms with E-state index in [9.17, 15) is 0 Å². The van der Waals surface area contributed by atoms with Gasteiger partial charge in [-0.15, -0.1) is 0 Å². The van der Waals surface area contributed by atoms with Crippen LogP contribution in [-0.2, 0) is 0 Å². The van der Waals surface area contributed by atoms with Gasteiger partial charge in [-0.25, -0.2) is 9.97 Å². The summed E-state index contributed by atoms with van der Waals surface area (Å²) in [6.07, 6.45) is 0. The first-order chi connectivity index (χ1) is 19.8. The summed E-state index contributed by atoms with van der Waals surface area (Å²) in [6, 6.07) is 41.8. The molecular formula is C36H20N2O2. The lowest BCUT2D eigenvalue weighted by Gasteiger charge is -2.09. The summed E-state index contributed by atoms with van der Waals surface area (Å²) in [5, 5.41) is 5.65. The Kier molecular flexibility index (Phi) is 4.30. The number of aromatic nitrogens is 2. The summed E-state index contributed by atoms with van der Waals surface area (Å²) in [4.78, 5) is 9.58. The Balaban J connectivity index is 1.25. The summed E-state index contributed by atoms with van der Waals surface area (Å²) in [6.45, 7) is 0. The number of rotatable bonds is 2. The summed E-state index contributed by atoms with van der Waals surface area (Å²) in [5.41, 5.74) is 10.0. The molecule has 0 radical (unpaired) electrons. The van der Waals surface area contributed by atoms with E-state index in [-0.39, 0.29) is 0 Å². The fraction of sp³-hybridized carbons (Fsp3) is 0. The molecule has 0 spiro atoms. The number of furan rings is 2. The molecule has 4 nitrogen and oxygen atoms in total. The molecular weight excluding hydrogens is 492 g/mol. The Hall–Kier alpha value is -5.48. The smallest absolute Gasteiger partial charge is 0.246 e. The van der Waals surface area contributed by atoms with E-state index in [0.29, 0.717) is 5.71 Å². The molecule has 0 atom stereocenters. The summed E-state index contributed by atoms with van der Waals surface area (Å²) < 4.78 is 12.6. The fourth-order valence-corrected chi connectivity index (χ4v) is 5.97. The predicted octanol–water partition coefficient (Wildman–Crippen LogP) is 9.92. The van der Waals surface area contributed by atoms with Crippen LogP contribution in [0.4, 0.5) is 0 Å². The van der Waals surface area contributed by atoms with Gasteiger partial charge in [0.05, 0.1) is 11.0 Å². The van der Waals surface area contributed by atoms with Gasteiger partial charge in [-0.05, 0) is 69.9 Å². The number of nitrogens with zero attached hydrogens (tertiary/aromatic N) is 2. The molecule has 9 aromatic rings. The van der Waals surface area contributed by atoms with Gasteiger partial charge >= 0.3 is 0 Å². The lowest BCUT2D eigenvalue weighted by atomic mass is 9.94. The van der Waals surface area contributed by atoms with E-state index in [2.05, 4.69) is 78.9 Å². The summed E-state index contributed by atoms with van der Waals surface area (Å²) >= 11 is 0. The van der Waals surface area contributed by atoms with Crippen molar-refractivity contribution < 1.29 is 8.83 Å². The van der Waals surface area contributed by atoms with E-state index in [1.165, 1.54) is 10.8 Å². The number of fused-ring (bicyclic) bond motifs is 9. The van der Waals surface area contributed by atoms with E-state index in [1.54, 1.807) is 0 Å². The number of benzene rings is 6. The molecule has 0 aliphatic heterocycles. The summed E-state index contributed by atoms with van der Waals surface area (Å²) in [5.74, 6) is 0. The Labute approximate surface area is 228 Å². The van der Waals surface area contributed by atoms with Gasteiger partial charge in [0.25, 0.3) is 0 Å². The van der Waals surface area contributed by atoms with Crippen LogP contribution in [0, 0.1) is 0 Å². The molecule has 9 rings (SSSR count). The minimum Gasteiger partial charge on any atom is -0.455 e. The van der Waals surface area contributed by atoms with Crippen LogP contribution in [0.3, 0.4) is 0 Å². The number of para-hydroxylation sites is 3. The average Bonchev–Trinajstić information content (AvgIpc) is 3.57. The van der Waals surface area contributed by atoms with Gasteiger partial charge < -0.3 is 8.83 Å². The topological polar surface area (TPSA) is 52.1 Å². The standard InChI is InChI=1S/C36H20N2O2/c1-2-11-25-24(8-1)20-27(35-33(25)26-12-3-6-15-31(26)39-35)23-10-7-9-21(18-23)22-16-17-32-28(19-22)34-36(40-32)38-30-14-5-4-13-29(30)37-34/h1-20H. The Morgan fingerprint density at radius 3 is 2.12 bits per heavy atom. The van der Waals surface area contributed by atoms with Gasteiger partial charge in [0.1, 0.15) is 22.3 Å². The molecule has 40 heavy (non-hydrogen) atoms. The van der Waals surface area contributed by atoms with Gasteiger partial charge in [0.2, 0.25) is 5.71 Å². The van der Waals surface area contributed by atoms with Crippen molar-refractivity contribution in [1.82, 2.24) is 9.97 Å². The van der Waals surface area contributed by atoms with Crippen molar-refractivity contribution in [2.75, 3.05) is 0 Å². The quantitative estimate of drug-likeness (QED) is 0.231. The van der Waals surface area contributed by atoms with Crippen molar-refractivity contribution in [1.29, 1.82) is 0 Å². The lowest BCUT2D eigenvalue weighted by Crippen LogP contribution is -1.85. The molecule has 0 aliphatic rings. The van der Waals surface area contributed by atoms with E-state index >= 15 is 0 Å². The Morgan fingerprint density at radius 1 is 0.475 bits per heavy atom. The van der Waals surface area contributed by atoms with Crippen molar-refractivity contribution in [3.8, 4) is 22.3 Å². The van der Waals surface area contributed by atoms with Crippen LogP contribution < -0.4 is 0 Å². The first-order valence-electron chi connectivity index (χ1n) is 13.3. The molecule has 0 saturated heterocycles. The Morgan fingerprint density at radius 2 is 1.20 bits per heavy atom. The van der Waals surface area contributed by atoms with Crippen molar-refractivity contribution in [3.63, 3.8) is 0 Å². The molecule has 4 heteroatoms. The van der Waals surface area contributed by atoms with Crippen LogP contribution in [0.1, 0.15) is 0 Å². The highest BCUT2D eigenvalue weighted by Gasteiger charge is 2.17. The van der Waals surface area contributed by atoms with Crippen LogP contribution in [-0.4, -0.2) is 9.97 Å². The van der Waals surface area contributed by atoms with Crippen molar-refractivity contribution in [2.24, 2.45) is 0 Å². The van der Waals surface area contributed by atoms with Crippen LogP contribution in [0.2, 0.25) is 0 Å². The highest BCUT2D eigenvalue weighted by atomic mass is 16.3. The third-order valence-electron chi connectivity index (χ3n) is 7.86. The van der Waals surface area contributed by atoms with E-state index < -0.39 is 0 Å². The van der Waals surface area contributed by atoms with Gasteiger partial charge in [-0.2, -0.15) is 0 Å². The number of hydrogen-bond donors (Lipinski definition) is 0. The maximum absolute atomic E-state index is 6.49. The van der Waals surface area contributed by atoms with E-state index in [0.717, 1.165) is 71.7 Å². The molecule has 3 aromatic heterocycles. The van der Waals surface area contributed by atoms with Crippen molar-refractivity contribution in [2.45, 2.75) is 0 Å². The minimum atomic E-state index is 0.558. The molecule has 0 bridgehead atoms. The normalized spacial score (nSPS) is 12.0. The van der Waals surface area contributed by atoms with Crippen LogP contribution in [0.5, 0.6) is 0 Å². The second-order valence-corrected chi connectivity index (χ2v) is 10.2. The average molecular weight is 513 g/mol.